The normalized spacial score (nSPS) is 16.3. The maximum Gasteiger partial charge on any atom is 0.191 e. The van der Waals surface area contributed by atoms with Crippen molar-refractivity contribution in [2.24, 2.45) is 4.99 Å². The molecule has 0 radical (unpaired) electrons. The molecule has 0 aliphatic carbocycles. The number of rotatable bonds is 5. The number of hydrogen-bond donors (Lipinski definition) is 2. The van der Waals surface area contributed by atoms with Crippen LogP contribution in [-0.4, -0.2) is 39.8 Å². The Hall–Kier alpha value is -3.09. The number of guanidine groups is 1. The highest BCUT2D eigenvalue weighted by atomic mass is 16.5. The number of benzene rings is 1. The Labute approximate surface area is 152 Å². The number of fused-ring (bicyclic) bond motifs is 2. The molecule has 1 aliphatic rings. The van der Waals surface area contributed by atoms with E-state index in [9.17, 15) is 0 Å². The van der Waals surface area contributed by atoms with Crippen LogP contribution >= 0.6 is 0 Å². The Morgan fingerprint density at radius 3 is 2.96 bits per heavy atom. The lowest BCUT2D eigenvalue weighted by atomic mass is 10.1. The molecule has 1 aliphatic heterocycles. The van der Waals surface area contributed by atoms with Crippen LogP contribution in [0.3, 0.4) is 0 Å². The first-order chi connectivity index (χ1) is 12.8. The van der Waals surface area contributed by atoms with Crippen molar-refractivity contribution < 1.29 is 4.74 Å². The molecule has 7 heteroatoms. The van der Waals surface area contributed by atoms with E-state index in [1.807, 2.05) is 53.9 Å². The quantitative estimate of drug-likeness (QED) is 0.542. The Kier molecular flexibility index (Phi) is 4.68. The van der Waals surface area contributed by atoms with Crippen LogP contribution in [0.1, 0.15) is 18.3 Å². The van der Waals surface area contributed by atoms with E-state index < -0.39 is 0 Å². The van der Waals surface area contributed by atoms with Crippen LogP contribution in [-0.2, 0) is 13.0 Å². The maximum atomic E-state index is 5.97. The van der Waals surface area contributed by atoms with Gasteiger partial charge in [-0.25, -0.2) is 4.99 Å². The molecule has 1 unspecified atom stereocenters. The zero-order chi connectivity index (χ0) is 17.8. The number of aromatic nitrogens is 3. The van der Waals surface area contributed by atoms with Crippen LogP contribution in [0.25, 0.3) is 5.65 Å². The average Bonchev–Trinajstić information content (AvgIpc) is 3.27. The lowest BCUT2D eigenvalue weighted by molar-refractivity contribution is 0.235. The fraction of sp³-hybridized carbons (Fsp3) is 0.316. The van der Waals surface area contributed by atoms with Crippen molar-refractivity contribution in [2.45, 2.75) is 26.0 Å². The number of para-hydroxylation sites is 1. The van der Waals surface area contributed by atoms with E-state index in [1.54, 1.807) is 0 Å². The third-order valence-electron chi connectivity index (χ3n) is 4.32. The predicted octanol–water partition coefficient (Wildman–Crippen LogP) is 1.79. The lowest BCUT2D eigenvalue weighted by Gasteiger charge is -2.15. The second kappa shape index (κ2) is 7.43. The summed E-state index contributed by atoms with van der Waals surface area (Å²) in [7, 11) is 0. The highest BCUT2D eigenvalue weighted by molar-refractivity contribution is 5.79. The van der Waals surface area contributed by atoms with Crippen molar-refractivity contribution >= 4 is 11.6 Å². The van der Waals surface area contributed by atoms with Crippen molar-refractivity contribution in [2.75, 3.05) is 13.1 Å². The van der Waals surface area contributed by atoms with Crippen molar-refractivity contribution in [3.05, 3.63) is 60.0 Å². The van der Waals surface area contributed by atoms with Gasteiger partial charge in [0, 0.05) is 19.2 Å². The van der Waals surface area contributed by atoms with Gasteiger partial charge in [0.2, 0.25) is 0 Å². The third-order valence-corrected chi connectivity index (χ3v) is 4.32. The molecule has 1 aromatic carbocycles. The van der Waals surface area contributed by atoms with Gasteiger partial charge < -0.3 is 15.4 Å². The molecule has 0 spiro atoms. The molecule has 2 aromatic heterocycles. The molecule has 0 fully saturated rings. The molecule has 0 bridgehead atoms. The summed E-state index contributed by atoms with van der Waals surface area (Å²) < 4.78 is 7.92. The van der Waals surface area contributed by atoms with Gasteiger partial charge in [-0.15, -0.1) is 10.2 Å². The first kappa shape index (κ1) is 16.4. The topological polar surface area (TPSA) is 75.8 Å². The average molecular weight is 350 g/mol. The molecule has 0 saturated carbocycles. The van der Waals surface area contributed by atoms with Crippen molar-refractivity contribution in [1.82, 2.24) is 25.2 Å². The molecule has 0 saturated heterocycles. The zero-order valence-corrected chi connectivity index (χ0v) is 14.7. The Bertz CT molecular complexity index is 894. The number of ether oxygens (including phenoxy) is 1. The van der Waals surface area contributed by atoms with Crippen molar-refractivity contribution in [3.63, 3.8) is 0 Å². The van der Waals surface area contributed by atoms with Crippen LogP contribution < -0.4 is 15.4 Å². The molecule has 2 N–H and O–H groups in total. The zero-order valence-electron chi connectivity index (χ0n) is 14.7. The molecule has 0 amide bonds. The minimum Gasteiger partial charge on any atom is -0.488 e. The minimum absolute atomic E-state index is 0.116. The summed E-state index contributed by atoms with van der Waals surface area (Å²) in [6.45, 7) is 3.98. The molecule has 3 heterocycles. The summed E-state index contributed by atoms with van der Waals surface area (Å²) in [5.41, 5.74) is 2.09. The van der Waals surface area contributed by atoms with E-state index in [0.29, 0.717) is 13.1 Å². The fourth-order valence-corrected chi connectivity index (χ4v) is 3.07. The molecule has 134 valence electrons. The van der Waals surface area contributed by atoms with Crippen LogP contribution in [0, 0.1) is 0 Å². The van der Waals surface area contributed by atoms with E-state index in [-0.39, 0.29) is 6.10 Å². The van der Waals surface area contributed by atoms with Crippen molar-refractivity contribution in [1.29, 1.82) is 0 Å². The summed E-state index contributed by atoms with van der Waals surface area (Å²) in [6.07, 6.45) is 2.98. The molecule has 26 heavy (non-hydrogen) atoms. The van der Waals surface area contributed by atoms with Crippen LogP contribution in [0.4, 0.5) is 0 Å². The van der Waals surface area contributed by atoms with E-state index in [4.69, 9.17) is 4.74 Å². The van der Waals surface area contributed by atoms with Gasteiger partial charge >= 0.3 is 0 Å². The molecule has 7 nitrogen and oxygen atoms in total. The van der Waals surface area contributed by atoms with Crippen LogP contribution in [0.15, 0.2) is 53.7 Å². The number of hydrogen-bond acceptors (Lipinski definition) is 4. The van der Waals surface area contributed by atoms with Crippen LogP contribution in [0.2, 0.25) is 0 Å². The van der Waals surface area contributed by atoms with Gasteiger partial charge in [-0.3, -0.25) is 4.40 Å². The maximum absolute atomic E-state index is 5.97. The fourth-order valence-electron chi connectivity index (χ4n) is 3.07. The molecule has 3 aromatic rings. The number of nitrogens with one attached hydrogen (secondary N) is 2. The van der Waals surface area contributed by atoms with Gasteiger partial charge in [0.05, 0.1) is 6.54 Å². The molecule has 4 rings (SSSR count). The van der Waals surface area contributed by atoms with Gasteiger partial charge in [-0.2, -0.15) is 0 Å². The van der Waals surface area contributed by atoms with E-state index >= 15 is 0 Å². The Morgan fingerprint density at radius 2 is 2.08 bits per heavy atom. The van der Waals surface area contributed by atoms with E-state index in [2.05, 4.69) is 31.9 Å². The molecular weight excluding hydrogens is 328 g/mol. The van der Waals surface area contributed by atoms with E-state index in [1.165, 1.54) is 5.56 Å². The largest absolute Gasteiger partial charge is 0.488 e. The number of pyridine rings is 1. The first-order valence-corrected chi connectivity index (χ1v) is 8.89. The van der Waals surface area contributed by atoms with Crippen LogP contribution in [0.5, 0.6) is 5.75 Å². The number of nitrogens with zero attached hydrogens (tertiary/aromatic N) is 4. The van der Waals surface area contributed by atoms with Gasteiger partial charge in [0.15, 0.2) is 17.4 Å². The SMILES string of the molecule is CCNC(=NCc1nnc2ccccn12)NCC1Cc2ccccc2O1. The monoisotopic (exact) mass is 350 g/mol. The smallest absolute Gasteiger partial charge is 0.191 e. The minimum atomic E-state index is 0.116. The first-order valence-electron chi connectivity index (χ1n) is 8.89. The predicted molar refractivity (Wildman–Crippen MR) is 100 cm³/mol. The highest BCUT2D eigenvalue weighted by Gasteiger charge is 2.22. The summed E-state index contributed by atoms with van der Waals surface area (Å²) in [4.78, 5) is 4.63. The summed E-state index contributed by atoms with van der Waals surface area (Å²) >= 11 is 0. The summed E-state index contributed by atoms with van der Waals surface area (Å²) in [6, 6.07) is 14.0. The molecule has 1 atom stereocenters. The second-order valence-electron chi connectivity index (χ2n) is 6.17. The Morgan fingerprint density at radius 1 is 1.19 bits per heavy atom. The standard InChI is InChI=1S/C19H22N6O/c1-2-20-19(21-12-15-11-14-7-3-4-8-16(14)26-15)22-13-18-24-23-17-9-5-6-10-25(17)18/h3-10,15H,2,11-13H2,1H3,(H2,20,21,22). The second-order valence-corrected chi connectivity index (χ2v) is 6.17. The summed E-state index contributed by atoms with van der Waals surface area (Å²) in [5.74, 6) is 2.54. The number of aliphatic imine (C=N–C) groups is 1. The third kappa shape index (κ3) is 3.46. The van der Waals surface area contributed by atoms with Gasteiger partial charge in [-0.1, -0.05) is 24.3 Å². The lowest BCUT2D eigenvalue weighted by Crippen LogP contribution is -2.42. The van der Waals surface area contributed by atoms with Gasteiger partial charge in [0.1, 0.15) is 18.4 Å². The van der Waals surface area contributed by atoms with Gasteiger partial charge in [-0.05, 0) is 30.7 Å². The highest BCUT2D eigenvalue weighted by Crippen LogP contribution is 2.27. The van der Waals surface area contributed by atoms with Crippen molar-refractivity contribution in [3.8, 4) is 5.75 Å². The summed E-state index contributed by atoms with van der Waals surface area (Å²) in [5, 5.41) is 15.0. The Balaban J connectivity index is 1.39. The molecular formula is C19H22N6O. The van der Waals surface area contributed by atoms with Gasteiger partial charge in [0.25, 0.3) is 0 Å². The van der Waals surface area contributed by atoms with E-state index in [0.717, 1.165) is 36.1 Å².